The molecule has 3 aliphatic heterocycles. The van der Waals surface area contributed by atoms with Gasteiger partial charge in [-0.2, -0.15) is 0 Å². The molecule has 4 heterocycles. The quantitative estimate of drug-likeness (QED) is 0.294. The van der Waals surface area contributed by atoms with Crippen LogP contribution in [0.15, 0.2) is 36.0 Å². The van der Waals surface area contributed by atoms with Crippen molar-refractivity contribution >= 4 is 40.9 Å². The number of aromatic nitrogens is 1. The first-order chi connectivity index (χ1) is 26.9. The lowest BCUT2D eigenvalue weighted by molar-refractivity contribution is -0.144. The van der Waals surface area contributed by atoms with E-state index in [0.717, 1.165) is 37.7 Å². The van der Waals surface area contributed by atoms with Crippen molar-refractivity contribution in [1.82, 2.24) is 25.0 Å². The number of hydrogen-bond acceptors (Lipinski definition) is 9. The number of nitrogens with one attached hydrogen (secondary N) is 1. The van der Waals surface area contributed by atoms with Crippen molar-refractivity contribution in [2.45, 2.75) is 103 Å². The number of thiazole rings is 1. The third-order valence-corrected chi connectivity index (χ3v) is 14.5. The van der Waals surface area contributed by atoms with Crippen LogP contribution in [0.25, 0.3) is 0 Å². The summed E-state index contributed by atoms with van der Waals surface area (Å²) in [6.45, 7) is 9.53. The van der Waals surface area contributed by atoms with E-state index in [1.54, 1.807) is 28.7 Å². The number of hydrogen-bond donors (Lipinski definition) is 1. The van der Waals surface area contributed by atoms with Gasteiger partial charge in [-0.3, -0.25) is 24.2 Å². The molecule has 304 valence electrons. The summed E-state index contributed by atoms with van der Waals surface area (Å²) in [5, 5.41) is 3.22. The monoisotopic (exact) mass is 789 g/mol. The van der Waals surface area contributed by atoms with Crippen LogP contribution >= 0.6 is 11.3 Å². The fourth-order valence-corrected chi connectivity index (χ4v) is 10.3. The molecule has 2 aromatic rings. The number of carbonyl (C=O) groups excluding carboxylic acids is 5. The Morgan fingerprint density at radius 3 is 2.20 bits per heavy atom. The molecule has 1 spiro atoms. The third-order valence-electron chi connectivity index (χ3n) is 13.7. The summed E-state index contributed by atoms with van der Waals surface area (Å²) in [6, 6.07) is 6.61. The van der Waals surface area contributed by atoms with Crippen molar-refractivity contribution in [2.75, 3.05) is 53.0 Å². The van der Waals surface area contributed by atoms with Crippen molar-refractivity contribution in [3.05, 3.63) is 52.0 Å². The molecule has 5 aliphatic rings. The van der Waals surface area contributed by atoms with Crippen LogP contribution in [0.2, 0.25) is 0 Å². The maximum Gasteiger partial charge on any atom is 0.337 e. The molecule has 2 saturated carbocycles. The highest BCUT2D eigenvalue weighted by molar-refractivity contribution is 7.11. The topological polar surface area (TPSA) is 138 Å². The SMILES string of the molecule is COC(=O)c1ccc(C2CCN(C(=O)[C@@H](NC(=O)C3CN(C(=O)c4cncs4)CC34CCN(C(=O)[C@H]3CC3(C)C)CC4)[C@@H](C)OCC3CCCCC3)CC2)cc1. The van der Waals surface area contributed by atoms with Crippen molar-refractivity contribution < 1.29 is 33.4 Å². The fraction of sp³-hybridized carbons (Fsp3) is 0.674. The molecule has 4 atom stereocenters. The van der Waals surface area contributed by atoms with Crippen LogP contribution in [0.4, 0.5) is 0 Å². The maximum absolute atomic E-state index is 14.7. The minimum atomic E-state index is -0.885. The summed E-state index contributed by atoms with van der Waals surface area (Å²) in [5.41, 5.74) is 2.77. The second-order valence-electron chi connectivity index (χ2n) is 17.8. The number of carbonyl (C=O) groups is 5. The van der Waals surface area contributed by atoms with Gasteiger partial charge in [0.2, 0.25) is 17.7 Å². The van der Waals surface area contributed by atoms with Gasteiger partial charge in [0, 0.05) is 57.2 Å². The Labute approximate surface area is 335 Å². The predicted molar refractivity (Wildman–Crippen MR) is 212 cm³/mol. The van der Waals surface area contributed by atoms with Crippen molar-refractivity contribution in [3.63, 3.8) is 0 Å². The molecule has 3 saturated heterocycles. The molecule has 4 amide bonds. The van der Waals surface area contributed by atoms with E-state index in [4.69, 9.17) is 9.47 Å². The lowest BCUT2D eigenvalue weighted by Crippen LogP contribution is -2.58. The minimum Gasteiger partial charge on any atom is -0.465 e. The number of ether oxygens (including phenoxy) is 2. The standard InChI is InChI=1S/C43H59N5O7S/c1-28(55-25-29-8-6-5-7-9-29)36(40(52)46-18-14-31(15-19-46)30-10-12-32(13-11-30)41(53)54-4)45-37(49)34-24-48(39(51)35-23-44-27-56-35)26-43(34)16-20-47(21-17-43)38(50)33-22-42(33,2)3/h10-13,23,27-29,31,33-34,36H,5-9,14-22,24-26H2,1-4H3,(H,45,49)/t28-,33-,34?,36+/m1/s1. The summed E-state index contributed by atoms with van der Waals surface area (Å²) in [7, 11) is 1.37. The highest BCUT2D eigenvalue weighted by atomic mass is 32.1. The van der Waals surface area contributed by atoms with Crippen LogP contribution < -0.4 is 5.32 Å². The van der Waals surface area contributed by atoms with Gasteiger partial charge in [-0.1, -0.05) is 45.2 Å². The van der Waals surface area contributed by atoms with Gasteiger partial charge in [0.1, 0.15) is 10.9 Å². The molecule has 1 aromatic heterocycles. The van der Waals surface area contributed by atoms with Gasteiger partial charge >= 0.3 is 5.97 Å². The number of likely N-dealkylation sites (tertiary alicyclic amines) is 3. The van der Waals surface area contributed by atoms with E-state index >= 15 is 0 Å². The van der Waals surface area contributed by atoms with Crippen LogP contribution in [-0.2, 0) is 23.9 Å². The Kier molecular flexibility index (Phi) is 12.2. The van der Waals surface area contributed by atoms with Gasteiger partial charge < -0.3 is 29.5 Å². The highest BCUT2D eigenvalue weighted by Gasteiger charge is 2.56. The molecule has 1 N–H and O–H groups in total. The smallest absolute Gasteiger partial charge is 0.337 e. The van der Waals surface area contributed by atoms with Gasteiger partial charge in [0.15, 0.2) is 0 Å². The lowest BCUT2D eigenvalue weighted by Gasteiger charge is -2.42. The molecule has 56 heavy (non-hydrogen) atoms. The Bertz CT molecular complexity index is 1730. The van der Waals surface area contributed by atoms with Crippen LogP contribution in [0.1, 0.15) is 116 Å². The summed E-state index contributed by atoms with van der Waals surface area (Å²) in [6.07, 6.45) is 10.5. The molecule has 13 heteroatoms. The third kappa shape index (κ3) is 8.68. The molecule has 0 radical (unpaired) electrons. The second kappa shape index (κ2) is 16.9. The van der Waals surface area contributed by atoms with Crippen molar-refractivity contribution in [1.29, 1.82) is 0 Å². The molecule has 5 fully saturated rings. The van der Waals surface area contributed by atoms with E-state index in [-0.39, 0.29) is 53.4 Å². The van der Waals surface area contributed by atoms with Gasteiger partial charge in [0.05, 0.1) is 36.4 Å². The number of methoxy groups -OCH3 is 1. The van der Waals surface area contributed by atoms with E-state index in [9.17, 15) is 24.0 Å². The second-order valence-corrected chi connectivity index (χ2v) is 18.7. The number of esters is 1. The molecular weight excluding hydrogens is 731 g/mol. The van der Waals surface area contributed by atoms with Crippen LogP contribution in [0.5, 0.6) is 0 Å². The summed E-state index contributed by atoms with van der Waals surface area (Å²) >= 11 is 1.29. The minimum absolute atomic E-state index is 0.0316. The first-order valence-corrected chi connectivity index (χ1v) is 21.6. The number of benzene rings is 1. The summed E-state index contributed by atoms with van der Waals surface area (Å²) in [4.78, 5) is 78.6. The van der Waals surface area contributed by atoms with Crippen LogP contribution in [-0.4, -0.2) is 114 Å². The average Bonchev–Trinajstić information content (AvgIpc) is 3.53. The van der Waals surface area contributed by atoms with Crippen LogP contribution in [0.3, 0.4) is 0 Å². The average molecular weight is 790 g/mol. The van der Waals surface area contributed by atoms with Crippen molar-refractivity contribution in [2.24, 2.45) is 28.6 Å². The predicted octanol–water partition coefficient (Wildman–Crippen LogP) is 5.53. The fourth-order valence-electron chi connectivity index (χ4n) is 9.76. The summed E-state index contributed by atoms with van der Waals surface area (Å²) in [5.74, 6) is -0.522. The molecule has 12 nitrogen and oxygen atoms in total. The van der Waals surface area contributed by atoms with E-state index in [0.29, 0.717) is 68.5 Å². The number of piperidine rings is 2. The number of amides is 4. The molecule has 2 aliphatic carbocycles. The van der Waals surface area contributed by atoms with E-state index in [1.165, 1.54) is 37.7 Å². The molecule has 1 unspecified atom stereocenters. The Morgan fingerprint density at radius 1 is 0.911 bits per heavy atom. The number of nitrogens with zero attached hydrogens (tertiary/aromatic N) is 4. The number of rotatable bonds is 11. The van der Waals surface area contributed by atoms with Crippen LogP contribution in [0, 0.1) is 28.6 Å². The Hall–Kier alpha value is -3.84. The first kappa shape index (κ1) is 40.4. The van der Waals surface area contributed by atoms with Gasteiger partial charge in [-0.15, -0.1) is 11.3 Å². The molecule has 0 bridgehead atoms. The van der Waals surface area contributed by atoms with E-state index < -0.39 is 23.5 Å². The zero-order valence-electron chi connectivity index (χ0n) is 33.5. The van der Waals surface area contributed by atoms with Crippen molar-refractivity contribution in [3.8, 4) is 0 Å². The van der Waals surface area contributed by atoms with E-state index in [2.05, 4.69) is 24.1 Å². The van der Waals surface area contributed by atoms with Gasteiger partial charge in [-0.25, -0.2) is 4.79 Å². The highest BCUT2D eigenvalue weighted by Crippen LogP contribution is 2.53. The Balaban J connectivity index is 1.07. The van der Waals surface area contributed by atoms with Gasteiger partial charge in [0.25, 0.3) is 5.91 Å². The largest absolute Gasteiger partial charge is 0.465 e. The molecular formula is C43H59N5O7S. The zero-order chi connectivity index (χ0) is 39.6. The maximum atomic E-state index is 14.7. The van der Waals surface area contributed by atoms with Gasteiger partial charge in [-0.05, 0) is 86.8 Å². The molecule has 7 rings (SSSR count). The lowest BCUT2D eigenvalue weighted by atomic mass is 9.70. The zero-order valence-corrected chi connectivity index (χ0v) is 34.3. The molecule has 1 aromatic carbocycles. The first-order valence-electron chi connectivity index (χ1n) is 20.7. The Morgan fingerprint density at radius 2 is 1.59 bits per heavy atom. The normalized spacial score (nSPS) is 24.8. The van der Waals surface area contributed by atoms with E-state index in [1.807, 2.05) is 28.9 Å². The summed E-state index contributed by atoms with van der Waals surface area (Å²) < 4.78 is 11.3.